The summed E-state index contributed by atoms with van der Waals surface area (Å²) < 4.78 is 0. The molecule has 0 radical (unpaired) electrons. The molecular weight excluding hydrogens is 286 g/mol. The molecule has 0 N–H and O–H groups in total. The standard InChI is InChI=1S/C16H11NOS2/c18-14(12-5-2-1-3-6-12)9-8-13-11-20-16(17-13)15-7-4-10-19-15/h1-11H/b9-8+. The summed E-state index contributed by atoms with van der Waals surface area (Å²) in [6.45, 7) is 0. The summed E-state index contributed by atoms with van der Waals surface area (Å²) >= 11 is 3.26. The van der Waals surface area contributed by atoms with E-state index in [1.165, 1.54) is 0 Å². The van der Waals surface area contributed by atoms with E-state index in [1.807, 2.05) is 53.2 Å². The minimum Gasteiger partial charge on any atom is -0.289 e. The minimum absolute atomic E-state index is 0.00345. The first-order valence-corrected chi connectivity index (χ1v) is 7.86. The Bertz CT molecular complexity index is 727. The lowest BCUT2D eigenvalue weighted by molar-refractivity contribution is 0.104. The molecule has 1 aromatic carbocycles. The second-order valence-electron chi connectivity index (χ2n) is 4.12. The van der Waals surface area contributed by atoms with Crippen molar-refractivity contribution in [1.29, 1.82) is 0 Å². The molecule has 2 heterocycles. The Kier molecular flexibility index (Phi) is 3.85. The van der Waals surface area contributed by atoms with E-state index in [4.69, 9.17) is 0 Å². The van der Waals surface area contributed by atoms with Gasteiger partial charge >= 0.3 is 0 Å². The molecule has 0 spiro atoms. The Morgan fingerprint density at radius 1 is 1.05 bits per heavy atom. The van der Waals surface area contributed by atoms with E-state index in [0.717, 1.165) is 15.6 Å². The fraction of sp³-hybridized carbons (Fsp3) is 0. The van der Waals surface area contributed by atoms with Crippen LogP contribution in [0.25, 0.3) is 16.0 Å². The van der Waals surface area contributed by atoms with Crippen molar-refractivity contribution in [2.45, 2.75) is 0 Å². The fourth-order valence-corrected chi connectivity index (χ4v) is 3.34. The number of benzene rings is 1. The Hall–Kier alpha value is -2.04. The number of thiazole rings is 1. The van der Waals surface area contributed by atoms with E-state index in [-0.39, 0.29) is 5.78 Å². The molecule has 3 aromatic rings. The first-order chi connectivity index (χ1) is 9.83. The van der Waals surface area contributed by atoms with Crippen molar-refractivity contribution in [2.75, 3.05) is 0 Å². The van der Waals surface area contributed by atoms with Crippen molar-refractivity contribution in [1.82, 2.24) is 4.98 Å². The van der Waals surface area contributed by atoms with Crippen LogP contribution >= 0.6 is 22.7 Å². The maximum Gasteiger partial charge on any atom is 0.185 e. The number of carbonyl (C=O) groups excluding carboxylic acids is 1. The summed E-state index contributed by atoms with van der Waals surface area (Å²) in [5, 5.41) is 4.99. The van der Waals surface area contributed by atoms with Crippen LogP contribution in [-0.4, -0.2) is 10.8 Å². The molecule has 0 aliphatic rings. The van der Waals surface area contributed by atoms with Crippen LogP contribution in [0.5, 0.6) is 0 Å². The van der Waals surface area contributed by atoms with Gasteiger partial charge in [-0.25, -0.2) is 4.98 Å². The van der Waals surface area contributed by atoms with Crippen molar-refractivity contribution in [3.63, 3.8) is 0 Å². The Balaban J connectivity index is 1.75. The number of hydrogen-bond acceptors (Lipinski definition) is 4. The van der Waals surface area contributed by atoms with Gasteiger partial charge in [-0.15, -0.1) is 22.7 Å². The van der Waals surface area contributed by atoms with Gasteiger partial charge < -0.3 is 0 Å². The highest BCUT2D eigenvalue weighted by Crippen LogP contribution is 2.28. The highest BCUT2D eigenvalue weighted by molar-refractivity contribution is 7.20. The summed E-state index contributed by atoms with van der Waals surface area (Å²) in [6.07, 6.45) is 3.34. The number of thiophene rings is 1. The quantitative estimate of drug-likeness (QED) is 0.513. The number of aromatic nitrogens is 1. The summed E-state index contributed by atoms with van der Waals surface area (Å²) in [5.41, 5.74) is 1.51. The fourth-order valence-electron chi connectivity index (χ4n) is 1.74. The molecule has 0 atom stereocenters. The molecule has 0 bridgehead atoms. The van der Waals surface area contributed by atoms with E-state index in [2.05, 4.69) is 4.98 Å². The van der Waals surface area contributed by atoms with E-state index in [9.17, 15) is 4.79 Å². The molecule has 0 fully saturated rings. The maximum atomic E-state index is 11.9. The molecule has 98 valence electrons. The predicted octanol–water partition coefficient (Wildman–Crippen LogP) is 4.77. The summed E-state index contributed by atoms with van der Waals surface area (Å²) in [7, 11) is 0. The van der Waals surface area contributed by atoms with Gasteiger partial charge in [0, 0.05) is 10.9 Å². The van der Waals surface area contributed by atoms with Crippen LogP contribution < -0.4 is 0 Å². The molecule has 0 saturated heterocycles. The van der Waals surface area contributed by atoms with Crippen LogP contribution in [0, 0.1) is 0 Å². The van der Waals surface area contributed by atoms with E-state index in [0.29, 0.717) is 5.56 Å². The molecule has 0 aliphatic carbocycles. The lowest BCUT2D eigenvalue weighted by Gasteiger charge is -1.93. The highest BCUT2D eigenvalue weighted by atomic mass is 32.1. The smallest absolute Gasteiger partial charge is 0.185 e. The lowest BCUT2D eigenvalue weighted by Crippen LogP contribution is -1.92. The van der Waals surface area contributed by atoms with Gasteiger partial charge in [0.15, 0.2) is 5.78 Å². The van der Waals surface area contributed by atoms with Crippen molar-refractivity contribution >= 4 is 34.5 Å². The Morgan fingerprint density at radius 2 is 1.90 bits per heavy atom. The van der Waals surface area contributed by atoms with Crippen LogP contribution in [0.2, 0.25) is 0 Å². The molecule has 0 amide bonds. The SMILES string of the molecule is O=C(/C=C/c1csc(-c2cccs2)n1)c1ccccc1. The normalized spacial score (nSPS) is 11.0. The van der Waals surface area contributed by atoms with Gasteiger partial charge in [-0.3, -0.25) is 4.79 Å². The van der Waals surface area contributed by atoms with Gasteiger partial charge in [-0.1, -0.05) is 36.4 Å². The van der Waals surface area contributed by atoms with Crippen molar-refractivity contribution < 1.29 is 4.79 Å². The van der Waals surface area contributed by atoms with Gasteiger partial charge in [-0.2, -0.15) is 0 Å². The van der Waals surface area contributed by atoms with Gasteiger partial charge in [0.1, 0.15) is 5.01 Å². The zero-order valence-electron chi connectivity index (χ0n) is 10.5. The molecule has 0 unspecified atom stereocenters. The monoisotopic (exact) mass is 297 g/mol. The van der Waals surface area contributed by atoms with Crippen molar-refractivity contribution in [3.8, 4) is 9.88 Å². The van der Waals surface area contributed by atoms with Crippen LogP contribution in [0.4, 0.5) is 0 Å². The third kappa shape index (κ3) is 2.92. The number of allylic oxidation sites excluding steroid dienone is 1. The minimum atomic E-state index is -0.00345. The number of rotatable bonds is 4. The number of hydrogen-bond donors (Lipinski definition) is 0. The first-order valence-electron chi connectivity index (χ1n) is 6.10. The van der Waals surface area contributed by atoms with Crippen LogP contribution in [-0.2, 0) is 0 Å². The molecule has 2 aromatic heterocycles. The van der Waals surface area contributed by atoms with Crippen LogP contribution in [0.15, 0.2) is 59.3 Å². The van der Waals surface area contributed by atoms with E-state index in [1.54, 1.807) is 34.8 Å². The van der Waals surface area contributed by atoms with E-state index < -0.39 is 0 Å². The largest absolute Gasteiger partial charge is 0.289 e. The molecule has 4 heteroatoms. The second-order valence-corrected chi connectivity index (χ2v) is 5.92. The van der Waals surface area contributed by atoms with Crippen LogP contribution in [0.3, 0.4) is 0 Å². The summed E-state index contributed by atoms with van der Waals surface area (Å²) in [5.74, 6) is -0.00345. The van der Waals surface area contributed by atoms with Crippen molar-refractivity contribution in [2.24, 2.45) is 0 Å². The molecule has 20 heavy (non-hydrogen) atoms. The van der Waals surface area contributed by atoms with Gasteiger partial charge in [0.05, 0.1) is 10.6 Å². The molecule has 3 rings (SSSR count). The Labute approximate surface area is 125 Å². The van der Waals surface area contributed by atoms with Gasteiger partial charge in [0.25, 0.3) is 0 Å². The lowest BCUT2D eigenvalue weighted by atomic mass is 10.1. The maximum absolute atomic E-state index is 11.9. The first kappa shape index (κ1) is 13.0. The van der Waals surface area contributed by atoms with Crippen LogP contribution in [0.1, 0.15) is 16.1 Å². The zero-order chi connectivity index (χ0) is 13.8. The topological polar surface area (TPSA) is 30.0 Å². The Morgan fingerprint density at radius 3 is 2.65 bits per heavy atom. The molecule has 0 saturated carbocycles. The zero-order valence-corrected chi connectivity index (χ0v) is 12.2. The number of nitrogens with zero attached hydrogens (tertiary/aromatic N) is 1. The van der Waals surface area contributed by atoms with E-state index >= 15 is 0 Å². The number of ketones is 1. The average Bonchev–Trinajstić information content (AvgIpc) is 3.16. The third-order valence-corrected chi connectivity index (χ3v) is 4.62. The molecule has 2 nitrogen and oxygen atoms in total. The highest BCUT2D eigenvalue weighted by Gasteiger charge is 2.04. The molecular formula is C16H11NOS2. The number of carbonyl (C=O) groups is 1. The van der Waals surface area contributed by atoms with Gasteiger partial charge in [0.2, 0.25) is 0 Å². The molecule has 0 aliphatic heterocycles. The van der Waals surface area contributed by atoms with Crippen molar-refractivity contribution in [3.05, 3.63) is 70.6 Å². The predicted molar refractivity (Wildman–Crippen MR) is 85.2 cm³/mol. The summed E-state index contributed by atoms with van der Waals surface area (Å²) in [6, 6.07) is 13.3. The van der Waals surface area contributed by atoms with Gasteiger partial charge in [-0.05, 0) is 23.6 Å². The second kappa shape index (κ2) is 5.94. The average molecular weight is 297 g/mol. The summed E-state index contributed by atoms with van der Waals surface area (Å²) in [4.78, 5) is 17.6. The third-order valence-electron chi connectivity index (χ3n) is 2.72.